The van der Waals surface area contributed by atoms with Crippen LogP contribution in [0.4, 0.5) is 0 Å². The second-order valence-corrected chi connectivity index (χ2v) is 15.1. The molecule has 198 valence electrons. The summed E-state index contributed by atoms with van der Waals surface area (Å²) in [7, 11) is 0. The molecule has 0 amide bonds. The molecule has 0 aromatic carbocycles. The normalized spacial score (nSPS) is 55.0. The van der Waals surface area contributed by atoms with Gasteiger partial charge in [0.05, 0.1) is 24.2 Å². The standard InChI is InChI=1S/C30H48O5/c1-25(2)11-13-30(24(34)35)14-12-28(5)18(19(30)15-25)7-8-22-26(3)16-20(32)23(33)27(4,17-31)21(26)9-10-29(22,28)6/h7,19-23,31-33H,8-17H2,1-6H3,(H,34,35)/t19-,20-,21-,22+,23-,26-,27-,28+,29+,30-/m0/s1. The number of carboxylic acid groups (broad SMARTS) is 1. The van der Waals surface area contributed by atoms with Gasteiger partial charge >= 0.3 is 5.97 Å². The minimum atomic E-state index is -0.907. The van der Waals surface area contributed by atoms with Crippen molar-refractivity contribution in [3.05, 3.63) is 11.6 Å². The lowest BCUT2D eigenvalue weighted by Gasteiger charge is -2.71. The first kappa shape index (κ1) is 25.7. The molecule has 0 aliphatic heterocycles. The summed E-state index contributed by atoms with van der Waals surface area (Å²) in [6, 6.07) is 0. The topological polar surface area (TPSA) is 98.0 Å². The van der Waals surface area contributed by atoms with Crippen LogP contribution in [0.1, 0.15) is 99.3 Å². The van der Waals surface area contributed by atoms with E-state index < -0.39 is 29.0 Å². The van der Waals surface area contributed by atoms with Gasteiger partial charge in [0.2, 0.25) is 0 Å². The molecular weight excluding hydrogens is 440 g/mol. The Bertz CT molecular complexity index is 941. The molecule has 0 heterocycles. The van der Waals surface area contributed by atoms with Gasteiger partial charge in [-0.15, -0.1) is 0 Å². The monoisotopic (exact) mass is 488 g/mol. The van der Waals surface area contributed by atoms with Crippen LogP contribution in [0.15, 0.2) is 11.6 Å². The molecule has 0 aromatic rings. The molecule has 5 rings (SSSR count). The van der Waals surface area contributed by atoms with Crippen LogP contribution in [0, 0.1) is 50.2 Å². The van der Waals surface area contributed by atoms with Crippen molar-refractivity contribution in [2.24, 2.45) is 50.2 Å². The summed E-state index contributed by atoms with van der Waals surface area (Å²) < 4.78 is 0. The van der Waals surface area contributed by atoms with Gasteiger partial charge in [0.15, 0.2) is 0 Å². The second-order valence-electron chi connectivity index (χ2n) is 15.1. The van der Waals surface area contributed by atoms with E-state index in [9.17, 15) is 25.2 Å². The van der Waals surface area contributed by atoms with Crippen molar-refractivity contribution < 1.29 is 25.2 Å². The second kappa shape index (κ2) is 7.57. The zero-order valence-electron chi connectivity index (χ0n) is 22.7. The molecule has 5 nitrogen and oxygen atoms in total. The summed E-state index contributed by atoms with van der Waals surface area (Å²) in [5.74, 6) is -0.0472. The van der Waals surface area contributed by atoms with Gasteiger partial charge in [-0.05, 0) is 97.2 Å². The fourth-order valence-electron chi connectivity index (χ4n) is 10.8. The Morgan fingerprint density at radius 3 is 2.23 bits per heavy atom. The van der Waals surface area contributed by atoms with Crippen LogP contribution in [0.5, 0.6) is 0 Å². The molecule has 0 saturated heterocycles. The number of hydrogen-bond donors (Lipinski definition) is 4. The number of rotatable bonds is 2. The van der Waals surface area contributed by atoms with E-state index in [1.807, 2.05) is 6.92 Å². The first-order chi connectivity index (χ1) is 16.1. The van der Waals surface area contributed by atoms with E-state index in [0.717, 1.165) is 51.4 Å². The van der Waals surface area contributed by atoms with Crippen LogP contribution in [0.2, 0.25) is 0 Å². The van der Waals surface area contributed by atoms with Crippen LogP contribution < -0.4 is 0 Å². The van der Waals surface area contributed by atoms with Crippen molar-refractivity contribution in [2.45, 2.75) is 112 Å². The average Bonchev–Trinajstić information content (AvgIpc) is 2.77. The first-order valence-electron chi connectivity index (χ1n) is 14.0. The van der Waals surface area contributed by atoms with Gasteiger partial charge in [0, 0.05) is 5.41 Å². The third-order valence-electron chi connectivity index (χ3n) is 13.2. The largest absolute Gasteiger partial charge is 0.481 e. The summed E-state index contributed by atoms with van der Waals surface area (Å²) in [5.41, 5.74) is -0.0632. The zero-order valence-corrected chi connectivity index (χ0v) is 22.7. The van der Waals surface area contributed by atoms with E-state index in [2.05, 4.69) is 40.7 Å². The summed E-state index contributed by atoms with van der Waals surface area (Å²) in [6.45, 7) is 13.6. The Hall–Kier alpha value is -0.910. The van der Waals surface area contributed by atoms with Gasteiger partial charge in [-0.25, -0.2) is 0 Å². The Morgan fingerprint density at radius 2 is 1.60 bits per heavy atom. The highest BCUT2D eigenvalue weighted by Crippen LogP contribution is 2.75. The molecule has 4 fully saturated rings. The van der Waals surface area contributed by atoms with Gasteiger partial charge in [-0.1, -0.05) is 53.2 Å². The number of fused-ring (bicyclic) bond motifs is 7. The fourth-order valence-corrected chi connectivity index (χ4v) is 10.8. The first-order valence-corrected chi connectivity index (χ1v) is 14.0. The van der Waals surface area contributed by atoms with Gasteiger partial charge in [0.25, 0.3) is 0 Å². The number of carboxylic acids is 1. The molecule has 4 N–H and O–H groups in total. The predicted octanol–water partition coefficient (Wildman–Crippen LogP) is 5.18. The maximum atomic E-state index is 12.8. The molecule has 5 aliphatic carbocycles. The highest BCUT2D eigenvalue weighted by Gasteiger charge is 2.70. The number of allylic oxidation sites excluding steroid dienone is 2. The van der Waals surface area contributed by atoms with Crippen LogP contribution in [0.25, 0.3) is 0 Å². The van der Waals surface area contributed by atoms with E-state index in [4.69, 9.17) is 0 Å². The number of carbonyl (C=O) groups is 1. The lowest BCUT2D eigenvalue weighted by atomic mass is 9.33. The summed E-state index contributed by atoms with van der Waals surface area (Å²) >= 11 is 0. The molecule has 5 aliphatic rings. The van der Waals surface area contributed by atoms with Crippen LogP contribution >= 0.6 is 0 Å². The minimum Gasteiger partial charge on any atom is -0.481 e. The van der Waals surface area contributed by atoms with Gasteiger partial charge < -0.3 is 20.4 Å². The molecule has 0 aromatic heterocycles. The van der Waals surface area contributed by atoms with E-state index in [1.165, 1.54) is 5.57 Å². The third-order valence-corrected chi connectivity index (χ3v) is 13.2. The van der Waals surface area contributed by atoms with Crippen molar-refractivity contribution in [1.29, 1.82) is 0 Å². The molecular formula is C30H48O5. The predicted molar refractivity (Wildman–Crippen MR) is 135 cm³/mol. The summed E-state index contributed by atoms with van der Waals surface area (Å²) in [6.07, 6.45) is 8.40. The lowest BCUT2D eigenvalue weighted by Crippen LogP contribution is -2.68. The molecule has 0 bridgehead atoms. The molecule has 10 atom stereocenters. The van der Waals surface area contributed by atoms with Gasteiger partial charge in [0.1, 0.15) is 0 Å². The highest BCUT2D eigenvalue weighted by molar-refractivity contribution is 5.76. The van der Waals surface area contributed by atoms with E-state index in [0.29, 0.717) is 12.3 Å². The van der Waals surface area contributed by atoms with Crippen molar-refractivity contribution in [3.8, 4) is 0 Å². The SMILES string of the molecule is CC1(C)CC[C@]2(C(=O)O)CC[C@]3(C)C(=CC[C@@H]4[C@@]5(C)C[C@H](O)[C@H](O)[C@@](C)(CO)[C@H]5CC[C@]43C)[C@@H]2C1. The average molecular weight is 489 g/mol. The van der Waals surface area contributed by atoms with Crippen molar-refractivity contribution in [1.82, 2.24) is 0 Å². The molecule has 5 heteroatoms. The van der Waals surface area contributed by atoms with Crippen LogP contribution in [-0.2, 0) is 4.79 Å². The smallest absolute Gasteiger partial charge is 0.310 e. The quantitative estimate of drug-likeness (QED) is 0.402. The van der Waals surface area contributed by atoms with Crippen LogP contribution in [-0.4, -0.2) is 45.2 Å². The van der Waals surface area contributed by atoms with E-state index in [-0.39, 0.29) is 40.1 Å². The molecule has 0 unspecified atom stereocenters. The molecule has 0 radical (unpaired) electrons. The van der Waals surface area contributed by atoms with Crippen molar-refractivity contribution in [3.63, 3.8) is 0 Å². The number of aliphatic hydroxyl groups excluding tert-OH is 3. The maximum absolute atomic E-state index is 12.8. The Balaban J connectivity index is 1.61. The molecule has 0 spiro atoms. The number of aliphatic hydroxyl groups is 3. The third kappa shape index (κ3) is 3.07. The van der Waals surface area contributed by atoms with E-state index in [1.54, 1.807) is 0 Å². The summed E-state index contributed by atoms with van der Waals surface area (Å²) in [4.78, 5) is 12.8. The van der Waals surface area contributed by atoms with Crippen molar-refractivity contribution >= 4 is 5.97 Å². The van der Waals surface area contributed by atoms with Gasteiger partial charge in [-0.2, -0.15) is 0 Å². The van der Waals surface area contributed by atoms with Crippen LogP contribution in [0.3, 0.4) is 0 Å². The zero-order chi connectivity index (χ0) is 25.8. The lowest BCUT2D eigenvalue weighted by molar-refractivity contribution is -0.243. The maximum Gasteiger partial charge on any atom is 0.310 e. The minimum absolute atomic E-state index is 0.00698. The highest BCUT2D eigenvalue weighted by atomic mass is 16.4. The number of hydrogen-bond acceptors (Lipinski definition) is 4. The molecule has 4 saturated carbocycles. The van der Waals surface area contributed by atoms with E-state index >= 15 is 0 Å². The summed E-state index contributed by atoms with van der Waals surface area (Å²) in [5, 5.41) is 42.8. The Morgan fingerprint density at radius 1 is 0.943 bits per heavy atom. The van der Waals surface area contributed by atoms with Gasteiger partial charge in [-0.3, -0.25) is 4.79 Å². The number of aliphatic carboxylic acids is 1. The molecule has 35 heavy (non-hydrogen) atoms. The Labute approximate surface area is 211 Å². The fraction of sp³-hybridized carbons (Fsp3) is 0.900. The van der Waals surface area contributed by atoms with Crippen molar-refractivity contribution in [2.75, 3.05) is 6.61 Å². The Kier molecular flexibility index (Phi) is 5.56.